The average molecular weight is 1210 g/mol. The third-order valence-electron chi connectivity index (χ3n) is 17.6. The van der Waals surface area contributed by atoms with E-state index in [4.69, 9.17) is 15.7 Å². The molecule has 0 saturated carbocycles. The van der Waals surface area contributed by atoms with Crippen LogP contribution in [0.1, 0.15) is 104 Å². The van der Waals surface area contributed by atoms with Crippen LogP contribution in [0.15, 0.2) is 125 Å². The maximum atomic E-state index is 13.1. The Morgan fingerprint density at radius 2 is 1.14 bits per heavy atom. The number of rotatable bonds is 9. The standard InChI is InChI=1S/C25H31N7O.C22H25N7O.C20H20N6O/c1-5-8-26-19-6-9-30(10-7-19)20-11-16(2)25-28-21(13-24(33)31(25)15-20)22-12-23-18(4)27-17(3)14-32(23)29-22;1-14-12-29-19(15(2)24-14)10-18(26-29)17-11-21(30)28-13-16(4-5-20(28)25-17)27-8-6-22(3,23)7-9-27;1-13-10-25-11-15(2-3-18(25)23-13)16-8-20(27)26-12-17(22-9-19(26)24-16)14-4-6-21-7-5-14/h11-15,19,26H,5-10H2,1-4H3;4-5,10-13H,6-9,23H2,1-3H3;2-3,8-12,14,21H,4-7H2,1H3. The minimum Gasteiger partial charge on any atom is -0.370 e. The number of aryl methyl sites for hydroxylation is 6. The molecule has 15 heterocycles. The zero-order chi connectivity index (χ0) is 62.5. The molecule has 12 aromatic heterocycles. The Morgan fingerprint density at radius 1 is 0.567 bits per heavy atom. The number of nitrogens with zero attached hydrogens (tertiary/aromatic N) is 17. The summed E-state index contributed by atoms with van der Waals surface area (Å²) in [6, 6.07) is 19.1. The molecule has 3 aliphatic rings. The van der Waals surface area contributed by atoms with E-state index in [9.17, 15) is 14.4 Å². The van der Waals surface area contributed by atoms with Crippen molar-refractivity contribution in [3.8, 4) is 34.0 Å². The van der Waals surface area contributed by atoms with E-state index < -0.39 is 0 Å². The molecule has 3 aliphatic heterocycles. The van der Waals surface area contributed by atoms with Crippen molar-refractivity contribution in [3.05, 3.63) is 181 Å². The quantitative estimate of drug-likeness (QED) is 0.125. The lowest BCUT2D eigenvalue weighted by molar-refractivity contribution is 0.364. The van der Waals surface area contributed by atoms with Gasteiger partial charge in [0.25, 0.3) is 16.7 Å². The van der Waals surface area contributed by atoms with Gasteiger partial charge < -0.3 is 30.6 Å². The van der Waals surface area contributed by atoms with Crippen LogP contribution in [0.5, 0.6) is 0 Å². The summed E-state index contributed by atoms with van der Waals surface area (Å²) in [5.74, 6) is 0.397. The van der Waals surface area contributed by atoms with Gasteiger partial charge in [-0.2, -0.15) is 10.2 Å². The summed E-state index contributed by atoms with van der Waals surface area (Å²) in [5, 5.41) is 16.2. The minimum absolute atomic E-state index is 0.0884. The van der Waals surface area contributed by atoms with Gasteiger partial charge in [0.1, 0.15) is 28.3 Å². The highest BCUT2D eigenvalue weighted by molar-refractivity contribution is 5.69. The van der Waals surface area contributed by atoms with Crippen molar-refractivity contribution in [2.45, 2.75) is 118 Å². The Hall–Kier alpha value is -9.58. The van der Waals surface area contributed by atoms with E-state index in [-0.39, 0.29) is 22.2 Å². The van der Waals surface area contributed by atoms with Gasteiger partial charge in [0, 0.05) is 98.4 Å². The number of nitrogens with one attached hydrogen (secondary N) is 2. The van der Waals surface area contributed by atoms with Crippen LogP contribution >= 0.6 is 0 Å². The summed E-state index contributed by atoms with van der Waals surface area (Å²) in [6.07, 6.45) is 22.4. The summed E-state index contributed by atoms with van der Waals surface area (Å²) in [6.45, 7) is 22.9. The van der Waals surface area contributed by atoms with Gasteiger partial charge in [-0.05, 0) is 161 Å². The maximum absolute atomic E-state index is 13.1. The van der Waals surface area contributed by atoms with Crippen molar-refractivity contribution < 1.29 is 0 Å². The zero-order valence-electron chi connectivity index (χ0n) is 52.4. The molecule has 12 aromatic rings. The molecule has 0 aromatic carbocycles. The number of aromatic nitrogens is 15. The molecular formula is C67H76N20O3. The number of hydrogen-bond donors (Lipinski definition) is 3. The molecule has 0 amide bonds. The second-order valence-corrected chi connectivity index (χ2v) is 24.8. The van der Waals surface area contributed by atoms with Gasteiger partial charge >= 0.3 is 0 Å². The van der Waals surface area contributed by atoms with Gasteiger partial charge in [-0.3, -0.25) is 42.5 Å². The van der Waals surface area contributed by atoms with Crippen LogP contribution in [0.3, 0.4) is 0 Å². The smallest absolute Gasteiger partial charge is 0.258 e. The molecule has 3 fully saturated rings. The summed E-state index contributed by atoms with van der Waals surface area (Å²) in [7, 11) is 0. The first-order chi connectivity index (χ1) is 43.4. The van der Waals surface area contributed by atoms with Gasteiger partial charge in [-0.1, -0.05) is 6.92 Å². The largest absolute Gasteiger partial charge is 0.370 e. The van der Waals surface area contributed by atoms with Crippen LogP contribution in [0.2, 0.25) is 0 Å². The maximum Gasteiger partial charge on any atom is 0.258 e. The van der Waals surface area contributed by atoms with Crippen LogP contribution in [0.25, 0.3) is 67.7 Å². The number of hydrogen-bond acceptors (Lipinski definition) is 17. The molecule has 23 heteroatoms. The zero-order valence-corrected chi connectivity index (χ0v) is 52.4. The van der Waals surface area contributed by atoms with E-state index >= 15 is 0 Å². The van der Waals surface area contributed by atoms with Crippen molar-refractivity contribution >= 4 is 45.0 Å². The average Bonchev–Trinajstić information content (AvgIpc) is 1.38. The first-order valence-corrected chi connectivity index (χ1v) is 31.2. The topological polar surface area (TPSA) is 250 Å². The highest BCUT2D eigenvalue weighted by Gasteiger charge is 2.27. The molecular weight excluding hydrogens is 1130 g/mol. The van der Waals surface area contributed by atoms with Crippen LogP contribution in [-0.2, 0) is 0 Å². The van der Waals surface area contributed by atoms with Crippen molar-refractivity contribution in [2.24, 2.45) is 5.73 Å². The van der Waals surface area contributed by atoms with Gasteiger partial charge in [0.2, 0.25) is 0 Å². The molecule has 0 spiro atoms. The Kier molecular flexibility index (Phi) is 16.1. The fourth-order valence-electron chi connectivity index (χ4n) is 12.6. The normalized spacial score (nSPS) is 15.7. The molecule has 0 bridgehead atoms. The first kappa shape index (κ1) is 59.4. The van der Waals surface area contributed by atoms with Crippen LogP contribution in [-0.4, -0.2) is 129 Å². The lowest BCUT2D eigenvalue weighted by atomic mass is 9.91. The van der Waals surface area contributed by atoms with E-state index in [2.05, 4.69) is 75.5 Å². The van der Waals surface area contributed by atoms with Crippen molar-refractivity contribution in [1.29, 1.82) is 0 Å². The number of imidazole rings is 1. The van der Waals surface area contributed by atoms with Crippen molar-refractivity contribution in [3.63, 3.8) is 0 Å². The van der Waals surface area contributed by atoms with E-state index in [1.165, 1.54) is 0 Å². The SMILES string of the molecule is CCCNC1CCN(c2cc(C)c3nc(-c4cc5c(C)nc(C)cn5n4)cc(=O)n3c2)CC1.Cc1cn2cc(-c3cc(=O)n4cc(C5CCNCC5)ncc4n3)ccc2n1.Cc1cn2nc(-c3cc(=O)n4cc(N5CCC(C)(N)CC5)ccc4n3)cc2c(C)n1. The second-order valence-electron chi connectivity index (χ2n) is 24.8. The summed E-state index contributed by atoms with van der Waals surface area (Å²) in [5.41, 5.74) is 23.0. The van der Waals surface area contributed by atoms with E-state index in [0.29, 0.717) is 57.4 Å². The predicted molar refractivity (Wildman–Crippen MR) is 351 cm³/mol. The van der Waals surface area contributed by atoms with Gasteiger partial charge in [0.15, 0.2) is 5.65 Å². The van der Waals surface area contributed by atoms with Crippen molar-refractivity contribution in [1.82, 2.24) is 82.4 Å². The summed E-state index contributed by atoms with van der Waals surface area (Å²) >= 11 is 0. The van der Waals surface area contributed by atoms with E-state index in [1.54, 1.807) is 42.1 Å². The van der Waals surface area contributed by atoms with E-state index in [0.717, 1.165) is 164 Å². The third-order valence-corrected chi connectivity index (χ3v) is 17.6. The summed E-state index contributed by atoms with van der Waals surface area (Å²) in [4.78, 5) is 75.6. The monoisotopic (exact) mass is 1210 g/mol. The lowest BCUT2D eigenvalue weighted by Crippen LogP contribution is -2.48. The van der Waals surface area contributed by atoms with Crippen molar-refractivity contribution in [2.75, 3.05) is 55.6 Å². The fraction of sp³-hybridized carbons (Fsp3) is 0.373. The number of pyridine rings is 3. The second kappa shape index (κ2) is 24.4. The van der Waals surface area contributed by atoms with Crippen LogP contribution in [0.4, 0.5) is 11.4 Å². The molecule has 0 aliphatic carbocycles. The van der Waals surface area contributed by atoms with Crippen LogP contribution in [0, 0.1) is 41.5 Å². The van der Waals surface area contributed by atoms with E-state index in [1.807, 2.05) is 130 Å². The van der Waals surface area contributed by atoms with Gasteiger partial charge in [0.05, 0.1) is 92.2 Å². The first-order valence-electron chi connectivity index (χ1n) is 31.2. The molecule has 90 heavy (non-hydrogen) atoms. The fourth-order valence-corrected chi connectivity index (χ4v) is 12.6. The third kappa shape index (κ3) is 12.3. The highest BCUT2D eigenvalue weighted by atomic mass is 16.1. The molecule has 462 valence electrons. The highest BCUT2D eigenvalue weighted by Crippen LogP contribution is 2.29. The number of anilines is 2. The Morgan fingerprint density at radius 3 is 1.81 bits per heavy atom. The lowest BCUT2D eigenvalue weighted by Gasteiger charge is -2.38. The molecule has 3 saturated heterocycles. The predicted octanol–water partition coefficient (Wildman–Crippen LogP) is 7.82. The number of nitrogens with two attached hydrogens (primary N) is 1. The molecule has 0 atom stereocenters. The number of piperidine rings is 3. The minimum atomic E-state index is -0.124. The molecule has 0 unspecified atom stereocenters. The van der Waals surface area contributed by atoms with Crippen LogP contribution < -0.4 is 42.8 Å². The van der Waals surface area contributed by atoms with Gasteiger partial charge in [-0.25, -0.2) is 29.0 Å². The molecule has 23 nitrogen and oxygen atoms in total. The summed E-state index contributed by atoms with van der Waals surface area (Å²) < 4.78 is 10.4. The molecule has 4 N–H and O–H groups in total. The molecule has 15 rings (SSSR count). The Labute approximate surface area is 519 Å². The number of fused-ring (bicyclic) bond motifs is 6. The van der Waals surface area contributed by atoms with Gasteiger partial charge in [-0.15, -0.1) is 0 Å². The molecule has 0 radical (unpaired) electrons. The Bertz CT molecular complexity index is 4880. The Balaban J connectivity index is 0.000000124.